The van der Waals surface area contributed by atoms with Crippen LogP contribution in [-0.4, -0.2) is 118 Å². The Hall–Kier alpha value is -4.24. The predicted octanol–water partition coefficient (Wildman–Crippen LogP) is -0.939. The Kier molecular flexibility index (Phi) is 9.16. The van der Waals surface area contributed by atoms with Gasteiger partial charge in [-0.1, -0.05) is 0 Å². The van der Waals surface area contributed by atoms with Gasteiger partial charge in [0.15, 0.2) is 0 Å². The molecule has 40 heavy (non-hydrogen) atoms. The Bertz CT molecular complexity index is 1170. The summed E-state index contributed by atoms with van der Waals surface area (Å²) in [6.45, 7) is 2.91. The van der Waals surface area contributed by atoms with Crippen LogP contribution in [0.1, 0.15) is 41.6 Å². The minimum atomic E-state index is -1.31. The van der Waals surface area contributed by atoms with Gasteiger partial charge >= 0.3 is 12.0 Å². The number of hydrazine groups is 2. The van der Waals surface area contributed by atoms with Gasteiger partial charge in [-0.15, -0.1) is 0 Å². The number of rotatable bonds is 9. The quantitative estimate of drug-likeness (QED) is 0.274. The first-order chi connectivity index (χ1) is 19.2. The number of carbonyl (C=O) groups excluding carboxylic acids is 5. The average Bonchev–Trinajstić information content (AvgIpc) is 3.06. The highest BCUT2D eigenvalue weighted by Crippen LogP contribution is 2.25. The Morgan fingerprint density at radius 2 is 1.88 bits per heavy atom. The van der Waals surface area contributed by atoms with Gasteiger partial charge in [0.2, 0.25) is 11.8 Å². The number of hydrogen-bond donors (Lipinski definition) is 4. The van der Waals surface area contributed by atoms with E-state index in [9.17, 15) is 33.9 Å². The first-order valence-corrected chi connectivity index (χ1v) is 13.0. The highest BCUT2D eigenvalue weighted by molar-refractivity contribution is 5.97. The minimum absolute atomic E-state index is 0.0221. The third-order valence-electron chi connectivity index (χ3n) is 6.93. The first-order valence-electron chi connectivity index (χ1n) is 13.0. The van der Waals surface area contributed by atoms with E-state index in [1.54, 1.807) is 0 Å². The molecule has 2 unspecified atom stereocenters. The summed E-state index contributed by atoms with van der Waals surface area (Å²) in [7, 11) is 0. The van der Waals surface area contributed by atoms with Gasteiger partial charge in [0.1, 0.15) is 18.1 Å². The number of ether oxygens (including phenoxy) is 1. The number of carbonyl (C=O) groups is 6. The summed E-state index contributed by atoms with van der Waals surface area (Å²) in [6, 6.07) is 0.993. The summed E-state index contributed by atoms with van der Waals surface area (Å²) in [4.78, 5) is 76.9. The number of aliphatic carboxylic acids is 1. The summed E-state index contributed by atoms with van der Waals surface area (Å²) < 4.78 is 5.34. The minimum Gasteiger partial charge on any atom is -0.508 e. The number of carboxylic acid groups (broad SMARTS) is 1. The molecule has 1 aromatic carbocycles. The van der Waals surface area contributed by atoms with Crippen LogP contribution in [0, 0.1) is 0 Å². The molecule has 0 spiro atoms. The van der Waals surface area contributed by atoms with E-state index >= 15 is 0 Å². The summed E-state index contributed by atoms with van der Waals surface area (Å²) in [6.07, 6.45) is 0.0832. The number of nitrogens with one attached hydrogen (secondary N) is 2. The standard InChI is InChI=1S/C25H32N6O9/c32-15-18(13-22(35)36)26-24(38)19-2-1-6-30-21(34)5-7-29(25(39)31(19)30)27-23(37)16-3-4-20(33)17(12-16)14-28-8-10-40-11-9-28/h3-4,12,15,18-19,33H,1-2,5-11,13-14H2,(H,26,38)(H,27,37)(H,35,36). The number of benzene rings is 1. The Labute approximate surface area is 229 Å². The summed E-state index contributed by atoms with van der Waals surface area (Å²) in [5.74, 6) is -3.15. The van der Waals surface area contributed by atoms with Gasteiger partial charge < -0.3 is 25.1 Å². The topological polar surface area (TPSA) is 189 Å². The van der Waals surface area contributed by atoms with E-state index in [4.69, 9.17) is 9.84 Å². The summed E-state index contributed by atoms with van der Waals surface area (Å²) >= 11 is 0. The average molecular weight is 561 g/mol. The van der Waals surface area contributed by atoms with Crippen molar-refractivity contribution in [1.82, 2.24) is 30.7 Å². The van der Waals surface area contributed by atoms with Crippen LogP contribution in [0.4, 0.5) is 4.79 Å². The largest absolute Gasteiger partial charge is 0.508 e. The van der Waals surface area contributed by atoms with Crippen LogP contribution < -0.4 is 10.7 Å². The smallest absolute Gasteiger partial charge is 0.358 e. The number of carboxylic acids is 1. The van der Waals surface area contributed by atoms with Gasteiger partial charge in [-0.3, -0.25) is 29.5 Å². The van der Waals surface area contributed by atoms with E-state index in [1.807, 2.05) is 0 Å². The lowest BCUT2D eigenvalue weighted by Gasteiger charge is -2.42. The number of amides is 5. The van der Waals surface area contributed by atoms with E-state index in [0.29, 0.717) is 51.1 Å². The maximum absolute atomic E-state index is 13.6. The molecule has 3 saturated heterocycles. The Morgan fingerprint density at radius 3 is 2.58 bits per heavy atom. The van der Waals surface area contributed by atoms with Gasteiger partial charge in [0.05, 0.1) is 32.2 Å². The molecule has 216 valence electrons. The zero-order valence-corrected chi connectivity index (χ0v) is 21.8. The molecule has 0 bridgehead atoms. The Balaban J connectivity index is 1.50. The van der Waals surface area contributed by atoms with Crippen LogP contribution in [0.15, 0.2) is 18.2 Å². The normalized spacial score (nSPS) is 20.8. The maximum atomic E-state index is 13.6. The van der Waals surface area contributed by atoms with Crippen molar-refractivity contribution in [2.45, 2.75) is 44.3 Å². The molecule has 0 saturated carbocycles. The van der Waals surface area contributed by atoms with Crippen LogP contribution in [0.2, 0.25) is 0 Å². The second kappa shape index (κ2) is 12.7. The summed E-state index contributed by atoms with van der Waals surface area (Å²) in [5.41, 5.74) is 3.21. The van der Waals surface area contributed by atoms with Crippen molar-refractivity contribution >= 4 is 36.0 Å². The number of aldehydes is 1. The van der Waals surface area contributed by atoms with Crippen molar-refractivity contribution in [2.24, 2.45) is 0 Å². The summed E-state index contributed by atoms with van der Waals surface area (Å²) in [5, 5.41) is 24.7. The van der Waals surface area contributed by atoms with Crippen molar-refractivity contribution in [3.63, 3.8) is 0 Å². The Morgan fingerprint density at radius 1 is 1.12 bits per heavy atom. The van der Waals surface area contributed by atoms with E-state index in [-0.39, 0.29) is 37.2 Å². The van der Waals surface area contributed by atoms with Crippen molar-refractivity contribution in [1.29, 1.82) is 0 Å². The van der Waals surface area contributed by atoms with Crippen molar-refractivity contribution < 1.29 is 43.7 Å². The molecule has 15 heteroatoms. The highest BCUT2D eigenvalue weighted by Gasteiger charge is 2.44. The number of urea groups is 1. The molecule has 0 aromatic heterocycles. The van der Waals surface area contributed by atoms with Crippen LogP contribution in [0.5, 0.6) is 5.75 Å². The molecule has 5 amide bonds. The van der Waals surface area contributed by atoms with Crippen molar-refractivity contribution in [3.05, 3.63) is 29.3 Å². The number of phenolic OH excluding ortho intramolecular Hbond substituents is 1. The van der Waals surface area contributed by atoms with E-state index < -0.39 is 48.2 Å². The molecule has 3 heterocycles. The van der Waals surface area contributed by atoms with E-state index in [1.165, 1.54) is 18.2 Å². The molecule has 15 nitrogen and oxygen atoms in total. The number of morpholine rings is 1. The third-order valence-corrected chi connectivity index (χ3v) is 6.93. The highest BCUT2D eigenvalue weighted by atomic mass is 16.5. The van der Waals surface area contributed by atoms with Gasteiger partial charge in [0.25, 0.3) is 5.91 Å². The van der Waals surface area contributed by atoms with E-state index in [2.05, 4.69) is 15.6 Å². The lowest BCUT2D eigenvalue weighted by molar-refractivity contribution is -0.155. The first kappa shape index (κ1) is 28.8. The molecule has 2 atom stereocenters. The molecule has 3 aliphatic heterocycles. The lowest BCUT2D eigenvalue weighted by atomic mass is 10.1. The van der Waals surface area contributed by atoms with Crippen molar-refractivity contribution in [3.8, 4) is 5.75 Å². The number of fused-ring (bicyclic) bond motifs is 1. The number of phenols is 1. The maximum Gasteiger partial charge on any atom is 0.358 e. The molecule has 4 N–H and O–H groups in total. The SMILES string of the molecule is O=CC(CC(=O)O)NC(=O)C1CCCN2C(=O)CCN(NC(=O)c3ccc(O)c(CN4CCOCC4)c3)C(=O)N12. The zero-order chi connectivity index (χ0) is 28.8. The van der Waals surface area contributed by atoms with Crippen LogP contribution in [0.3, 0.4) is 0 Å². The number of nitrogens with zero attached hydrogens (tertiary/aromatic N) is 4. The fraction of sp³-hybridized carbons (Fsp3) is 0.520. The fourth-order valence-electron chi connectivity index (χ4n) is 4.86. The van der Waals surface area contributed by atoms with Gasteiger partial charge in [-0.05, 0) is 31.0 Å². The lowest BCUT2D eigenvalue weighted by Crippen LogP contribution is -2.64. The molecule has 1 aromatic rings. The number of hydrogen-bond acceptors (Lipinski definition) is 9. The second-order valence-corrected chi connectivity index (χ2v) is 9.73. The van der Waals surface area contributed by atoms with Crippen LogP contribution in [-0.2, 0) is 30.5 Å². The predicted molar refractivity (Wildman–Crippen MR) is 135 cm³/mol. The molecule has 0 radical (unpaired) electrons. The molecular formula is C25H32N6O9. The molecular weight excluding hydrogens is 528 g/mol. The van der Waals surface area contributed by atoms with Crippen LogP contribution in [0.25, 0.3) is 0 Å². The molecule has 3 fully saturated rings. The van der Waals surface area contributed by atoms with Gasteiger partial charge in [0, 0.05) is 43.7 Å². The zero-order valence-electron chi connectivity index (χ0n) is 21.8. The monoisotopic (exact) mass is 560 g/mol. The van der Waals surface area contributed by atoms with E-state index in [0.717, 1.165) is 15.0 Å². The number of aromatic hydroxyl groups is 1. The van der Waals surface area contributed by atoms with Crippen LogP contribution >= 0.6 is 0 Å². The van der Waals surface area contributed by atoms with Gasteiger partial charge in [-0.25, -0.2) is 19.8 Å². The van der Waals surface area contributed by atoms with Crippen molar-refractivity contribution in [2.75, 3.05) is 39.4 Å². The fourth-order valence-corrected chi connectivity index (χ4v) is 4.86. The third kappa shape index (κ3) is 6.66. The molecule has 3 aliphatic rings. The molecule has 4 rings (SSSR count). The van der Waals surface area contributed by atoms with Gasteiger partial charge in [-0.2, -0.15) is 0 Å². The second-order valence-electron chi connectivity index (χ2n) is 9.73. The molecule has 0 aliphatic carbocycles.